The van der Waals surface area contributed by atoms with Crippen molar-refractivity contribution in [2.75, 3.05) is 13.2 Å². The van der Waals surface area contributed by atoms with Gasteiger partial charge in [-0.1, -0.05) is 27.7 Å². The molecule has 100 valence electrons. The Morgan fingerprint density at radius 1 is 0.824 bits per heavy atom. The normalized spacial score (nSPS) is 10.7. The summed E-state index contributed by atoms with van der Waals surface area (Å²) in [5, 5.41) is 0. The van der Waals surface area contributed by atoms with Crippen LogP contribution in [0, 0.1) is 11.8 Å². The minimum Gasteiger partial charge on any atom is -0.465 e. The van der Waals surface area contributed by atoms with Crippen molar-refractivity contribution in [3.05, 3.63) is 0 Å². The van der Waals surface area contributed by atoms with Gasteiger partial charge in [0.05, 0.1) is 13.2 Å². The second kappa shape index (κ2) is 9.02. The molecule has 17 heavy (non-hydrogen) atoms. The molecule has 0 aromatic rings. The van der Waals surface area contributed by atoms with Crippen LogP contribution in [0.2, 0.25) is 0 Å². The zero-order valence-corrected chi connectivity index (χ0v) is 11.3. The molecule has 0 heterocycles. The zero-order chi connectivity index (χ0) is 13.3. The Labute approximate surface area is 104 Å². The van der Waals surface area contributed by atoms with E-state index in [9.17, 15) is 9.59 Å². The molecule has 0 aliphatic heterocycles. The molecule has 0 amide bonds. The summed E-state index contributed by atoms with van der Waals surface area (Å²) in [6, 6.07) is 0. The molecular weight excluding hydrogens is 220 g/mol. The van der Waals surface area contributed by atoms with E-state index in [-0.39, 0.29) is 6.42 Å². The fourth-order valence-corrected chi connectivity index (χ4v) is 1.04. The lowest BCUT2D eigenvalue weighted by Gasteiger charge is -2.08. The van der Waals surface area contributed by atoms with Gasteiger partial charge in [0.15, 0.2) is 0 Å². The lowest BCUT2D eigenvalue weighted by atomic mass is 10.1. The molecule has 0 aromatic carbocycles. The van der Waals surface area contributed by atoms with Crippen molar-refractivity contribution in [1.82, 2.24) is 0 Å². The van der Waals surface area contributed by atoms with E-state index in [1.54, 1.807) is 0 Å². The molecule has 0 N–H and O–H groups in total. The predicted octanol–water partition coefficient (Wildman–Crippen LogP) is 2.56. The molecule has 0 aromatic heterocycles. The third-order valence-corrected chi connectivity index (χ3v) is 2.21. The Hall–Kier alpha value is -1.06. The van der Waals surface area contributed by atoms with E-state index in [0.29, 0.717) is 25.0 Å². The van der Waals surface area contributed by atoms with Gasteiger partial charge in [0, 0.05) is 0 Å². The standard InChI is InChI=1S/C13H24O4/c1-10(2)5-7-16-12(14)9-13(15)17-8-6-11(3)4/h10-11H,5-9H2,1-4H3. The van der Waals surface area contributed by atoms with Gasteiger partial charge >= 0.3 is 11.9 Å². The first-order valence-electron chi connectivity index (χ1n) is 6.23. The van der Waals surface area contributed by atoms with Crippen molar-refractivity contribution in [3.63, 3.8) is 0 Å². The lowest BCUT2D eigenvalue weighted by Crippen LogP contribution is -2.16. The molecule has 0 fully saturated rings. The molecule has 0 saturated heterocycles. The molecular formula is C13H24O4. The van der Waals surface area contributed by atoms with E-state index >= 15 is 0 Å². The SMILES string of the molecule is CC(C)CCOC(=O)CC(=O)OCCC(C)C. The molecule has 0 unspecified atom stereocenters. The Morgan fingerprint density at radius 2 is 1.18 bits per heavy atom. The topological polar surface area (TPSA) is 52.6 Å². The van der Waals surface area contributed by atoms with Crippen LogP contribution in [0.25, 0.3) is 0 Å². The summed E-state index contributed by atoms with van der Waals surface area (Å²) in [7, 11) is 0. The Kier molecular flexibility index (Phi) is 8.46. The number of esters is 2. The van der Waals surface area contributed by atoms with E-state index < -0.39 is 11.9 Å². The monoisotopic (exact) mass is 244 g/mol. The predicted molar refractivity (Wildman–Crippen MR) is 65.4 cm³/mol. The van der Waals surface area contributed by atoms with Gasteiger partial charge in [0.2, 0.25) is 0 Å². The number of carbonyl (C=O) groups excluding carboxylic acids is 2. The smallest absolute Gasteiger partial charge is 0.317 e. The number of hydrogen-bond acceptors (Lipinski definition) is 4. The highest BCUT2D eigenvalue weighted by atomic mass is 16.6. The largest absolute Gasteiger partial charge is 0.465 e. The molecule has 0 radical (unpaired) electrons. The van der Waals surface area contributed by atoms with Gasteiger partial charge in [-0.3, -0.25) is 9.59 Å². The van der Waals surface area contributed by atoms with Gasteiger partial charge in [-0.2, -0.15) is 0 Å². The summed E-state index contributed by atoms with van der Waals surface area (Å²) in [4.78, 5) is 22.4. The van der Waals surface area contributed by atoms with Crippen LogP contribution in [-0.4, -0.2) is 25.2 Å². The van der Waals surface area contributed by atoms with Crippen LogP contribution in [0.4, 0.5) is 0 Å². The second-order valence-electron chi connectivity index (χ2n) is 4.98. The van der Waals surface area contributed by atoms with Crippen molar-refractivity contribution in [1.29, 1.82) is 0 Å². The number of hydrogen-bond donors (Lipinski definition) is 0. The third-order valence-electron chi connectivity index (χ3n) is 2.21. The number of ether oxygens (including phenoxy) is 2. The summed E-state index contributed by atoms with van der Waals surface area (Å²) in [5.41, 5.74) is 0. The van der Waals surface area contributed by atoms with Gasteiger partial charge in [-0.15, -0.1) is 0 Å². The maximum atomic E-state index is 11.2. The molecule has 0 atom stereocenters. The maximum absolute atomic E-state index is 11.2. The lowest BCUT2D eigenvalue weighted by molar-refractivity contribution is -0.154. The van der Waals surface area contributed by atoms with E-state index in [0.717, 1.165) is 12.8 Å². The third kappa shape index (κ3) is 11.2. The highest BCUT2D eigenvalue weighted by Gasteiger charge is 2.12. The van der Waals surface area contributed by atoms with Crippen LogP contribution in [0.5, 0.6) is 0 Å². The number of rotatable bonds is 8. The van der Waals surface area contributed by atoms with Gasteiger partial charge in [-0.25, -0.2) is 0 Å². The summed E-state index contributed by atoms with van der Waals surface area (Å²) < 4.78 is 9.82. The molecule has 0 aliphatic rings. The van der Waals surface area contributed by atoms with E-state index in [4.69, 9.17) is 9.47 Å². The van der Waals surface area contributed by atoms with Gasteiger partial charge < -0.3 is 9.47 Å². The average Bonchev–Trinajstić information content (AvgIpc) is 2.15. The highest BCUT2D eigenvalue weighted by molar-refractivity contribution is 5.91. The Morgan fingerprint density at radius 3 is 1.47 bits per heavy atom. The summed E-state index contributed by atoms with van der Waals surface area (Å²) in [6.45, 7) is 8.94. The Bertz CT molecular complexity index is 210. The molecule has 0 bridgehead atoms. The van der Waals surface area contributed by atoms with Gasteiger partial charge in [-0.05, 0) is 24.7 Å². The van der Waals surface area contributed by atoms with Crippen LogP contribution < -0.4 is 0 Å². The fraction of sp³-hybridized carbons (Fsp3) is 0.846. The molecule has 0 spiro atoms. The zero-order valence-electron chi connectivity index (χ0n) is 11.3. The van der Waals surface area contributed by atoms with Crippen LogP contribution in [0.1, 0.15) is 47.0 Å². The van der Waals surface area contributed by atoms with Crippen molar-refractivity contribution < 1.29 is 19.1 Å². The van der Waals surface area contributed by atoms with Gasteiger partial charge in [0.1, 0.15) is 6.42 Å². The molecule has 0 aliphatic carbocycles. The summed E-state index contributed by atoms with van der Waals surface area (Å²) in [5.74, 6) is -0.0259. The van der Waals surface area contributed by atoms with Crippen molar-refractivity contribution in [2.45, 2.75) is 47.0 Å². The first-order chi connectivity index (χ1) is 7.91. The molecule has 4 nitrogen and oxygen atoms in total. The van der Waals surface area contributed by atoms with Crippen LogP contribution in [-0.2, 0) is 19.1 Å². The number of carbonyl (C=O) groups is 2. The maximum Gasteiger partial charge on any atom is 0.317 e. The Balaban J connectivity index is 3.56. The van der Waals surface area contributed by atoms with Crippen molar-refractivity contribution in [3.8, 4) is 0 Å². The fourth-order valence-electron chi connectivity index (χ4n) is 1.04. The first-order valence-corrected chi connectivity index (χ1v) is 6.23. The van der Waals surface area contributed by atoms with E-state index in [2.05, 4.69) is 0 Å². The van der Waals surface area contributed by atoms with Crippen LogP contribution >= 0.6 is 0 Å². The molecule has 0 rings (SSSR count). The van der Waals surface area contributed by atoms with Crippen LogP contribution in [0.15, 0.2) is 0 Å². The first kappa shape index (κ1) is 15.9. The highest BCUT2D eigenvalue weighted by Crippen LogP contribution is 2.02. The van der Waals surface area contributed by atoms with Crippen molar-refractivity contribution >= 4 is 11.9 Å². The average molecular weight is 244 g/mol. The molecule has 0 saturated carbocycles. The summed E-state index contributed by atoms with van der Waals surface area (Å²) in [6.07, 6.45) is 1.35. The molecule has 4 heteroatoms. The quantitative estimate of drug-likeness (QED) is 0.486. The van der Waals surface area contributed by atoms with Crippen molar-refractivity contribution in [2.24, 2.45) is 11.8 Å². The second-order valence-corrected chi connectivity index (χ2v) is 4.98. The van der Waals surface area contributed by atoms with Gasteiger partial charge in [0.25, 0.3) is 0 Å². The van der Waals surface area contributed by atoms with Crippen LogP contribution in [0.3, 0.4) is 0 Å². The van der Waals surface area contributed by atoms with E-state index in [1.165, 1.54) is 0 Å². The summed E-state index contributed by atoms with van der Waals surface area (Å²) >= 11 is 0. The minimum absolute atomic E-state index is 0.282. The van der Waals surface area contributed by atoms with E-state index in [1.807, 2.05) is 27.7 Å². The minimum atomic E-state index is -0.500.